The Morgan fingerprint density at radius 3 is 2.70 bits per heavy atom. The van der Waals surface area contributed by atoms with Crippen LogP contribution in [-0.2, 0) is 13.5 Å². The fraction of sp³-hybridized carbons (Fsp3) is 0.579. The van der Waals surface area contributed by atoms with Crippen LogP contribution in [0.2, 0.25) is 0 Å². The van der Waals surface area contributed by atoms with Crippen LogP contribution in [0, 0.1) is 5.92 Å². The lowest BCUT2D eigenvalue weighted by atomic mass is 10.1. The van der Waals surface area contributed by atoms with Crippen LogP contribution in [0.3, 0.4) is 0 Å². The first-order valence-corrected chi connectivity index (χ1v) is 10.1. The van der Waals surface area contributed by atoms with E-state index in [2.05, 4.69) is 72.3 Å². The largest absolute Gasteiger partial charge is 0.357 e. The van der Waals surface area contributed by atoms with Gasteiger partial charge in [-0.15, -0.1) is 35.3 Å². The lowest BCUT2D eigenvalue weighted by Crippen LogP contribution is -2.42. The first kappa shape index (κ1) is 23.9. The third-order valence-corrected chi connectivity index (χ3v) is 5.13. The summed E-state index contributed by atoms with van der Waals surface area (Å²) in [5.41, 5.74) is 1.20. The molecule has 6 nitrogen and oxygen atoms in total. The summed E-state index contributed by atoms with van der Waals surface area (Å²) in [6, 6.07) is 4.56. The molecule has 8 heteroatoms. The minimum Gasteiger partial charge on any atom is -0.357 e. The van der Waals surface area contributed by atoms with E-state index in [0.29, 0.717) is 5.92 Å². The third-order valence-electron chi connectivity index (χ3n) is 4.23. The zero-order valence-corrected chi connectivity index (χ0v) is 20.1. The van der Waals surface area contributed by atoms with Gasteiger partial charge in [0.1, 0.15) is 0 Å². The van der Waals surface area contributed by atoms with Crippen LogP contribution in [0.25, 0.3) is 0 Å². The van der Waals surface area contributed by atoms with E-state index in [4.69, 9.17) is 4.99 Å². The number of nitrogens with zero attached hydrogens (tertiary/aromatic N) is 4. The van der Waals surface area contributed by atoms with Crippen LogP contribution in [0.1, 0.15) is 30.3 Å². The SMILES string of the molecule is CCNC(=NCC(C)Cc1cccs1)NCC(c1cnn(C)c1)N(C)C.I. The van der Waals surface area contributed by atoms with E-state index in [1.807, 2.05) is 29.3 Å². The second-order valence-electron chi connectivity index (χ2n) is 6.92. The maximum absolute atomic E-state index is 4.78. The zero-order valence-electron chi connectivity index (χ0n) is 17.0. The van der Waals surface area contributed by atoms with Crippen molar-refractivity contribution in [2.45, 2.75) is 26.3 Å². The van der Waals surface area contributed by atoms with Gasteiger partial charge in [0.25, 0.3) is 0 Å². The Balaban J connectivity index is 0.00000364. The first-order chi connectivity index (χ1) is 12.5. The van der Waals surface area contributed by atoms with Gasteiger partial charge in [-0.1, -0.05) is 13.0 Å². The lowest BCUT2D eigenvalue weighted by Gasteiger charge is -2.24. The van der Waals surface area contributed by atoms with Gasteiger partial charge in [0, 0.05) is 43.3 Å². The molecule has 0 saturated heterocycles. The van der Waals surface area contributed by atoms with Gasteiger partial charge in [-0.25, -0.2) is 0 Å². The summed E-state index contributed by atoms with van der Waals surface area (Å²) in [5, 5.41) is 13.3. The molecule has 0 amide bonds. The molecule has 0 radical (unpaired) electrons. The number of nitrogens with one attached hydrogen (secondary N) is 2. The predicted molar refractivity (Wildman–Crippen MR) is 126 cm³/mol. The second kappa shape index (κ2) is 12.4. The van der Waals surface area contributed by atoms with E-state index >= 15 is 0 Å². The summed E-state index contributed by atoms with van der Waals surface area (Å²) in [5.74, 6) is 1.40. The molecular formula is C19H33IN6S. The summed E-state index contributed by atoms with van der Waals surface area (Å²) in [4.78, 5) is 8.41. The van der Waals surface area contributed by atoms with Crippen LogP contribution in [0.4, 0.5) is 0 Å². The minimum absolute atomic E-state index is 0. The van der Waals surface area contributed by atoms with Crippen molar-refractivity contribution in [3.63, 3.8) is 0 Å². The summed E-state index contributed by atoms with van der Waals surface area (Å²) >= 11 is 1.82. The molecule has 0 aromatic carbocycles. The second-order valence-corrected chi connectivity index (χ2v) is 7.95. The van der Waals surface area contributed by atoms with Crippen molar-refractivity contribution in [1.29, 1.82) is 0 Å². The van der Waals surface area contributed by atoms with E-state index in [9.17, 15) is 0 Å². The molecule has 2 aromatic heterocycles. The molecule has 2 atom stereocenters. The Bertz CT molecular complexity index is 668. The molecule has 0 saturated carbocycles. The van der Waals surface area contributed by atoms with Gasteiger partial charge in [-0.3, -0.25) is 9.67 Å². The van der Waals surface area contributed by atoms with Gasteiger partial charge in [-0.2, -0.15) is 5.10 Å². The average Bonchev–Trinajstić information content (AvgIpc) is 3.24. The Kier molecular flexibility index (Phi) is 10.9. The highest BCUT2D eigenvalue weighted by atomic mass is 127. The number of thiophene rings is 1. The van der Waals surface area contributed by atoms with Crippen LogP contribution in [0.15, 0.2) is 34.9 Å². The number of rotatable bonds is 9. The Morgan fingerprint density at radius 1 is 1.37 bits per heavy atom. The summed E-state index contributed by atoms with van der Waals surface area (Å²) in [6.45, 7) is 6.79. The van der Waals surface area contributed by atoms with E-state index < -0.39 is 0 Å². The number of halogens is 1. The Labute approximate surface area is 184 Å². The molecule has 0 aliphatic rings. The number of aryl methyl sites for hydroxylation is 1. The molecule has 0 fully saturated rings. The molecule has 2 rings (SSSR count). The van der Waals surface area contributed by atoms with Gasteiger partial charge in [-0.05, 0) is 44.8 Å². The smallest absolute Gasteiger partial charge is 0.191 e. The number of likely N-dealkylation sites (N-methyl/N-ethyl adjacent to an activating group) is 1. The highest BCUT2D eigenvalue weighted by Gasteiger charge is 2.16. The summed E-state index contributed by atoms with van der Waals surface area (Å²) in [6.07, 6.45) is 5.08. The molecule has 0 aliphatic carbocycles. The summed E-state index contributed by atoms with van der Waals surface area (Å²) in [7, 11) is 6.13. The van der Waals surface area contributed by atoms with Crippen molar-refractivity contribution in [1.82, 2.24) is 25.3 Å². The van der Waals surface area contributed by atoms with E-state index in [-0.39, 0.29) is 30.0 Å². The Hall–Kier alpha value is -1.13. The quantitative estimate of drug-likeness (QED) is 0.313. The standard InChI is InChI=1S/C19H32N6S.HI/c1-6-20-19(21-11-15(2)10-17-8-7-9-26-17)22-13-18(24(3)4)16-12-23-25(5)14-16;/h7-9,12,14-15,18H,6,10-11,13H2,1-5H3,(H2,20,21,22);1H. The van der Waals surface area contributed by atoms with Crippen LogP contribution in [-0.4, -0.2) is 54.4 Å². The normalized spacial score (nSPS) is 13.9. The minimum atomic E-state index is 0. The van der Waals surface area contributed by atoms with Gasteiger partial charge in [0.05, 0.1) is 12.2 Å². The van der Waals surface area contributed by atoms with Crippen molar-refractivity contribution in [3.05, 3.63) is 40.3 Å². The highest BCUT2D eigenvalue weighted by Crippen LogP contribution is 2.16. The monoisotopic (exact) mass is 504 g/mol. The number of aromatic nitrogens is 2. The molecule has 27 heavy (non-hydrogen) atoms. The number of hydrogen-bond acceptors (Lipinski definition) is 4. The molecular weight excluding hydrogens is 471 g/mol. The van der Waals surface area contributed by atoms with Gasteiger partial charge in [0.15, 0.2) is 5.96 Å². The molecule has 0 bridgehead atoms. The Morgan fingerprint density at radius 2 is 2.15 bits per heavy atom. The molecule has 0 aliphatic heterocycles. The van der Waals surface area contributed by atoms with Crippen LogP contribution in [0.5, 0.6) is 0 Å². The third kappa shape index (κ3) is 8.18. The van der Waals surface area contributed by atoms with Crippen molar-refractivity contribution < 1.29 is 0 Å². The number of hydrogen-bond donors (Lipinski definition) is 2. The van der Waals surface area contributed by atoms with E-state index in [0.717, 1.165) is 32.0 Å². The molecule has 152 valence electrons. The maximum atomic E-state index is 4.78. The van der Waals surface area contributed by atoms with Crippen molar-refractivity contribution >= 4 is 41.3 Å². The van der Waals surface area contributed by atoms with E-state index in [1.165, 1.54) is 10.4 Å². The number of guanidine groups is 1. The maximum Gasteiger partial charge on any atom is 0.191 e. The van der Waals surface area contributed by atoms with E-state index in [1.54, 1.807) is 0 Å². The first-order valence-electron chi connectivity index (χ1n) is 9.19. The number of aliphatic imine (C=N–C) groups is 1. The van der Waals surface area contributed by atoms with Crippen molar-refractivity contribution in [2.75, 3.05) is 33.7 Å². The van der Waals surface area contributed by atoms with Crippen LogP contribution < -0.4 is 10.6 Å². The fourth-order valence-electron chi connectivity index (χ4n) is 2.83. The zero-order chi connectivity index (χ0) is 18.9. The predicted octanol–water partition coefficient (Wildman–Crippen LogP) is 3.14. The van der Waals surface area contributed by atoms with Gasteiger partial charge >= 0.3 is 0 Å². The fourth-order valence-corrected chi connectivity index (χ4v) is 3.70. The van der Waals surface area contributed by atoms with Gasteiger partial charge < -0.3 is 15.5 Å². The molecule has 0 spiro atoms. The molecule has 2 N–H and O–H groups in total. The average molecular weight is 504 g/mol. The molecule has 2 unspecified atom stereocenters. The molecule has 2 aromatic rings. The van der Waals surface area contributed by atoms with Crippen molar-refractivity contribution in [2.24, 2.45) is 18.0 Å². The highest BCUT2D eigenvalue weighted by molar-refractivity contribution is 14.0. The lowest BCUT2D eigenvalue weighted by molar-refractivity contribution is 0.298. The molecule has 2 heterocycles. The topological polar surface area (TPSA) is 57.5 Å². The van der Waals surface area contributed by atoms with Crippen molar-refractivity contribution in [3.8, 4) is 0 Å². The van der Waals surface area contributed by atoms with Gasteiger partial charge in [0.2, 0.25) is 0 Å². The summed E-state index contributed by atoms with van der Waals surface area (Å²) < 4.78 is 1.84. The van der Waals surface area contributed by atoms with Crippen LogP contribution >= 0.6 is 35.3 Å².